The molecular weight excluding hydrogens is 387 g/mol. The first kappa shape index (κ1) is 19.4. The fourth-order valence-corrected chi connectivity index (χ4v) is 3.08. The molecule has 1 saturated heterocycles. The molecule has 1 aliphatic heterocycles. The molecule has 0 saturated carbocycles. The van der Waals surface area contributed by atoms with Crippen LogP contribution in [0.5, 0.6) is 5.75 Å². The molecule has 6 nitrogen and oxygen atoms in total. The molecule has 4 rings (SSSR count). The van der Waals surface area contributed by atoms with Crippen LogP contribution >= 0.6 is 0 Å². The third-order valence-corrected chi connectivity index (χ3v) is 4.58. The summed E-state index contributed by atoms with van der Waals surface area (Å²) in [7, 11) is 0. The van der Waals surface area contributed by atoms with Crippen LogP contribution < -0.4 is 10.1 Å². The van der Waals surface area contributed by atoms with E-state index < -0.39 is 6.36 Å². The Kier molecular flexibility index (Phi) is 5.25. The van der Waals surface area contributed by atoms with Gasteiger partial charge in [-0.25, -0.2) is 0 Å². The first-order valence-electron chi connectivity index (χ1n) is 8.95. The summed E-state index contributed by atoms with van der Waals surface area (Å²) in [6.45, 7) is 1.49. The van der Waals surface area contributed by atoms with Gasteiger partial charge in [0.15, 0.2) is 5.76 Å². The molecule has 0 spiro atoms. The maximum absolute atomic E-state index is 12.3. The van der Waals surface area contributed by atoms with Gasteiger partial charge in [-0.05, 0) is 29.8 Å². The molecule has 3 aromatic rings. The fraction of sp³-hybridized carbons (Fsp3) is 0.300. The van der Waals surface area contributed by atoms with Gasteiger partial charge in [-0.1, -0.05) is 23.4 Å². The van der Waals surface area contributed by atoms with Crippen molar-refractivity contribution in [3.8, 4) is 17.2 Å². The summed E-state index contributed by atoms with van der Waals surface area (Å²) in [5, 5.41) is 7.56. The van der Waals surface area contributed by atoms with E-state index in [1.807, 2.05) is 24.3 Å². The average Bonchev–Trinajstić information content (AvgIpc) is 3.13. The van der Waals surface area contributed by atoms with Crippen LogP contribution in [0.4, 0.5) is 13.2 Å². The Morgan fingerprint density at radius 3 is 2.52 bits per heavy atom. The molecule has 1 aromatic carbocycles. The Morgan fingerprint density at radius 2 is 1.90 bits per heavy atom. The van der Waals surface area contributed by atoms with Crippen molar-refractivity contribution in [2.24, 2.45) is 0 Å². The summed E-state index contributed by atoms with van der Waals surface area (Å²) in [5.41, 5.74) is 2.01. The van der Waals surface area contributed by atoms with E-state index in [1.165, 1.54) is 12.1 Å². The van der Waals surface area contributed by atoms with E-state index in [2.05, 4.69) is 20.2 Å². The highest BCUT2D eigenvalue weighted by Crippen LogP contribution is 2.26. The van der Waals surface area contributed by atoms with Crippen LogP contribution in [-0.2, 0) is 17.7 Å². The zero-order valence-electron chi connectivity index (χ0n) is 15.3. The van der Waals surface area contributed by atoms with E-state index in [9.17, 15) is 13.2 Å². The van der Waals surface area contributed by atoms with E-state index >= 15 is 0 Å². The Labute approximate surface area is 164 Å². The number of halogens is 3. The van der Waals surface area contributed by atoms with Crippen LogP contribution in [0.3, 0.4) is 0 Å². The van der Waals surface area contributed by atoms with E-state index in [0.29, 0.717) is 37.6 Å². The minimum absolute atomic E-state index is 0.243. The number of hydrogen-bond acceptors (Lipinski definition) is 6. The highest BCUT2D eigenvalue weighted by atomic mass is 19.4. The first-order valence-corrected chi connectivity index (χ1v) is 8.95. The molecule has 1 N–H and O–H groups in total. The van der Waals surface area contributed by atoms with Crippen molar-refractivity contribution in [3.63, 3.8) is 0 Å². The van der Waals surface area contributed by atoms with Crippen molar-refractivity contribution < 1.29 is 27.2 Å². The Morgan fingerprint density at radius 1 is 1.10 bits per heavy atom. The molecule has 2 aromatic heterocycles. The van der Waals surface area contributed by atoms with Gasteiger partial charge in [-0.15, -0.1) is 13.2 Å². The number of hydrogen-bond donors (Lipinski definition) is 1. The Hall–Kier alpha value is -2.91. The summed E-state index contributed by atoms with van der Waals surface area (Å²) < 4.78 is 51.4. The maximum Gasteiger partial charge on any atom is 0.573 e. The maximum atomic E-state index is 12.3. The van der Waals surface area contributed by atoms with Gasteiger partial charge in [-0.3, -0.25) is 4.98 Å². The quantitative estimate of drug-likeness (QED) is 0.646. The van der Waals surface area contributed by atoms with E-state index in [0.717, 1.165) is 11.3 Å². The van der Waals surface area contributed by atoms with Crippen molar-refractivity contribution in [3.05, 3.63) is 66.0 Å². The minimum atomic E-state index is -4.70. The van der Waals surface area contributed by atoms with Crippen molar-refractivity contribution >= 4 is 0 Å². The lowest BCUT2D eigenvalue weighted by molar-refractivity contribution is -0.274. The van der Waals surface area contributed by atoms with Crippen LogP contribution in [-0.4, -0.2) is 35.3 Å². The van der Waals surface area contributed by atoms with Crippen molar-refractivity contribution in [1.29, 1.82) is 0 Å². The lowest BCUT2D eigenvalue weighted by Gasteiger charge is -2.42. The SMILES string of the molecule is FC(F)(F)Oc1ccc(CNC2(Cc3cc(-c4ccccn4)on3)COC2)cc1. The van der Waals surface area contributed by atoms with E-state index in [1.54, 1.807) is 18.3 Å². The summed E-state index contributed by atoms with van der Waals surface area (Å²) in [6, 6.07) is 13.2. The monoisotopic (exact) mass is 405 g/mol. The number of alkyl halides is 3. The topological polar surface area (TPSA) is 69.4 Å². The largest absolute Gasteiger partial charge is 0.573 e. The lowest BCUT2D eigenvalue weighted by atomic mass is 9.90. The predicted molar refractivity (Wildman–Crippen MR) is 97.0 cm³/mol. The van der Waals surface area contributed by atoms with E-state index in [-0.39, 0.29) is 11.3 Å². The molecule has 9 heteroatoms. The fourth-order valence-electron chi connectivity index (χ4n) is 3.08. The summed E-state index contributed by atoms with van der Waals surface area (Å²) in [6.07, 6.45) is -2.41. The smallest absolute Gasteiger partial charge is 0.406 e. The second-order valence-corrected chi connectivity index (χ2v) is 6.89. The summed E-state index contributed by atoms with van der Waals surface area (Å²) >= 11 is 0. The molecule has 0 atom stereocenters. The Bertz CT molecular complexity index is 939. The second-order valence-electron chi connectivity index (χ2n) is 6.89. The zero-order valence-corrected chi connectivity index (χ0v) is 15.3. The molecule has 29 heavy (non-hydrogen) atoms. The van der Waals surface area contributed by atoms with Gasteiger partial charge in [-0.2, -0.15) is 0 Å². The molecule has 152 valence electrons. The molecule has 0 bridgehead atoms. The lowest BCUT2D eigenvalue weighted by Crippen LogP contribution is -2.61. The number of aromatic nitrogens is 2. The van der Waals surface area contributed by atoms with Gasteiger partial charge in [0.25, 0.3) is 0 Å². The van der Waals surface area contributed by atoms with Crippen molar-refractivity contribution in [2.45, 2.75) is 24.9 Å². The molecule has 3 heterocycles. The van der Waals surface area contributed by atoms with Gasteiger partial charge in [0, 0.05) is 25.2 Å². The molecule has 0 radical (unpaired) electrons. The molecular formula is C20H18F3N3O3. The highest BCUT2D eigenvalue weighted by Gasteiger charge is 2.39. The molecule has 1 fully saturated rings. The third kappa shape index (κ3) is 4.93. The number of ether oxygens (including phenoxy) is 2. The molecule has 1 aliphatic rings. The molecule has 0 amide bonds. The van der Waals surface area contributed by atoms with Crippen LogP contribution in [0.1, 0.15) is 11.3 Å². The zero-order chi connectivity index (χ0) is 20.3. The van der Waals surface area contributed by atoms with Gasteiger partial charge in [0.05, 0.1) is 24.4 Å². The third-order valence-electron chi connectivity index (χ3n) is 4.58. The molecule has 0 aliphatic carbocycles. The van der Waals surface area contributed by atoms with Gasteiger partial charge in [0.2, 0.25) is 0 Å². The van der Waals surface area contributed by atoms with Crippen molar-refractivity contribution in [2.75, 3.05) is 13.2 Å². The number of nitrogens with zero attached hydrogens (tertiary/aromatic N) is 2. The highest BCUT2D eigenvalue weighted by molar-refractivity contribution is 5.51. The van der Waals surface area contributed by atoms with Crippen molar-refractivity contribution in [1.82, 2.24) is 15.5 Å². The van der Waals surface area contributed by atoms with Crippen LogP contribution in [0, 0.1) is 0 Å². The van der Waals surface area contributed by atoms with Gasteiger partial charge in [0.1, 0.15) is 11.4 Å². The predicted octanol–water partition coefficient (Wildman–Crippen LogP) is 3.74. The van der Waals surface area contributed by atoms with E-state index in [4.69, 9.17) is 9.26 Å². The summed E-state index contributed by atoms with van der Waals surface area (Å²) in [5.74, 6) is 0.351. The average molecular weight is 405 g/mol. The van der Waals surface area contributed by atoms with Crippen LogP contribution in [0.2, 0.25) is 0 Å². The molecule has 0 unspecified atom stereocenters. The Balaban J connectivity index is 1.37. The summed E-state index contributed by atoms with van der Waals surface area (Å²) in [4.78, 5) is 4.24. The van der Waals surface area contributed by atoms with Crippen LogP contribution in [0.25, 0.3) is 11.5 Å². The number of pyridine rings is 1. The number of rotatable bonds is 7. The number of nitrogens with one attached hydrogen (secondary N) is 1. The standard InChI is InChI=1S/C20H18F3N3O3/c21-20(22,23)28-16-6-4-14(5-7-16)11-25-19(12-27-13-19)10-15-9-18(29-26-15)17-3-1-2-8-24-17/h1-9,25H,10-13H2. The van der Waals surface area contributed by atoms with Gasteiger partial charge >= 0.3 is 6.36 Å². The first-order chi connectivity index (χ1) is 13.9. The van der Waals surface area contributed by atoms with Gasteiger partial charge < -0.3 is 19.3 Å². The normalized spacial score (nSPS) is 15.7. The van der Waals surface area contributed by atoms with Crippen LogP contribution in [0.15, 0.2) is 59.3 Å². The second kappa shape index (κ2) is 7.84. The minimum Gasteiger partial charge on any atom is -0.406 e. The number of benzene rings is 1.